The first-order valence-corrected chi connectivity index (χ1v) is 9.83. The lowest BCUT2D eigenvalue weighted by atomic mass is 10.2. The third kappa shape index (κ3) is 5.36. The number of anilines is 2. The van der Waals surface area contributed by atoms with Gasteiger partial charge in [-0.25, -0.2) is 9.59 Å². The first kappa shape index (κ1) is 20.4. The Balaban J connectivity index is 1.53. The molecule has 2 aliphatic heterocycles. The lowest BCUT2D eigenvalue weighted by molar-refractivity contribution is -0.0531. The van der Waals surface area contributed by atoms with Gasteiger partial charge in [0.1, 0.15) is 0 Å². The molecule has 2 N–H and O–H groups in total. The number of rotatable bonds is 2. The second-order valence-corrected chi connectivity index (χ2v) is 7.76. The largest absolute Gasteiger partial charge is 0.372 e. The number of ether oxygens (including phenoxy) is 2. The summed E-state index contributed by atoms with van der Waals surface area (Å²) >= 11 is 0. The van der Waals surface area contributed by atoms with Crippen molar-refractivity contribution < 1.29 is 19.1 Å². The van der Waals surface area contributed by atoms with E-state index in [0.717, 1.165) is 0 Å². The number of hydrogen-bond acceptors (Lipinski definition) is 4. The maximum absolute atomic E-state index is 12.5. The molecule has 0 unspecified atom stereocenters. The summed E-state index contributed by atoms with van der Waals surface area (Å²) in [4.78, 5) is 28.4. The van der Waals surface area contributed by atoms with E-state index in [-0.39, 0.29) is 36.5 Å². The standard InChI is InChI=1S/C20H30N4O4/c1-13-9-23(10-14(2)27-13)19(25)21-17-5-7-18(8-6-17)22-20(26)24-11-15(3)28-16(4)12-24/h5-8,13-16H,9-12H2,1-4H3,(H,21,25)(H,22,26)/t13-,14-,15+,16+. The Bertz CT molecular complexity index is 617. The van der Waals surface area contributed by atoms with Crippen molar-refractivity contribution in [2.75, 3.05) is 36.8 Å². The lowest BCUT2D eigenvalue weighted by Crippen LogP contribution is -2.49. The van der Waals surface area contributed by atoms with Gasteiger partial charge in [0, 0.05) is 37.6 Å². The fraction of sp³-hybridized carbons (Fsp3) is 0.600. The molecule has 0 bridgehead atoms. The van der Waals surface area contributed by atoms with Crippen LogP contribution in [0, 0.1) is 0 Å². The number of amides is 4. The molecule has 2 fully saturated rings. The molecule has 8 nitrogen and oxygen atoms in total. The Morgan fingerprint density at radius 1 is 0.714 bits per heavy atom. The van der Waals surface area contributed by atoms with Crippen LogP contribution in [0.2, 0.25) is 0 Å². The molecule has 8 heteroatoms. The van der Waals surface area contributed by atoms with Crippen LogP contribution in [-0.2, 0) is 9.47 Å². The van der Waals surface area contributed by atoms with E-state index in [1.54, 1.807) is 34.1 Å². The molecule has 3 rings (SSSR count). The average Bonchev–Trinajstić information content (AvgIpc) is 2.61. The van der Waals surface area contributed by atoms with E-state index in [1.807, 2.05) is 27.7 Å². The third-order valence-corrected chi connectivity index (χ3v) is 4.80. The van der Waals surface area contributed by atoms with Crippen LogP contribution in [0.4, 0.5) is 21.0 Å². The smallest absolute Gasteiger partial charge is 0.322 e. The summed E-state index contributed by atoms with van der Waals surface area (Å²) < 4.78 is 11.3. The maximum atomic E-state index is 12.5. The summed E-state index contributed by atoms with van der Waals surface area (Å²) in [5, 5.41) is 5.80. The molecule has 0 saturated carbocycles. The van der Waals surface area contributed by atoms with Gasteiger partial charge in [0.05, 0.1) is 24.4 Å². The van der Waals surface area contributed by atoms with Gasteiger partial charge in [-0.05, 0) is 52.0 Å². The van der Waals surface area contributed by atoms with Crippen LogP contribution in [0.25, 0.3) is 0 Å². The van der Waals surface area contributed by atoms with Crippen molar-refractivity contribution in [2.24, 2.45) is 0 Å². The molecular formula is C20H30N4O4. The molecule has 4 atom stereocenters. The second kappa shape index (κ2) is 8.79. The summed E-state index contributed by atoms with van der Waals surface area (Å²) in [6.45, 7) is 10.1. The number of carbonyl (C=O) groups is 2. The molecule has 0 aliphatic carbocycles. The molecule has 154 valence electrons. The highest BCUT2D eigenvalue weighted by atomic mass is 16.5. The van der Waals surface area contributed by atoms with Crippen molar-refractivity contribution in [3.05, 3.63) is 24.3 Å². The number of morpholine rings is 2. The summed E-state index contributed by atoms with van der Waals surface area (Å²) in [6, 6.07) is 6.85. The molecule has 2 heterocycles. The van der Waals surface area contributed by atoms with E-state index in [1.165, 1.54) is 0 Å². The summed E-state index contributed by atoms with van der Waals surface area (Å²) in [5.41, 5.74) is 1.37. The Morgan fingerprint density at radius 2 is 1.00 bits per heavy atom. The van der Waals surface area contributed by atoms with E-state index in [9.17, 15) is 9.59 Å². The SMILES string of the molecule is C[C@@H]1CN(C(=O)Nc2ccc(NC(=O)N3C[C@H](C)O[C@@H](C)C3)cc2)C[C@@H](C)O1. The van der Waals surface area contributed by atoms with E-state index < -0.39 is 0 Å². The number of carbonyl (C=O) groups excluding carboxylic acids is 2. The van der Waals surface area contributed by atoms with Gasteiger partial charge in [-0.15, -0.1) is 0 Å². The summed E-state index contributed by atoms with van der Waals surface area (Å²) in [7, 11) is 0. The zero-order valence-corrected chi connectivity index (χ0v) is 17.0. The van der Waals surface area contributed by atoms with E-state index in [0.29, 0.717) is 37.6 Å². The predicted octanol–water partition coefficient (Wildman–Crippen LogP) is 2.97. The number of benzene rings is 1. The highest BCUT2D eigenvalue weighted by molar-refractivity contribution is 5.91. The molecule has 0 spiro atoms. The number of nitrogens with zero attached hydrogens (tertiary/aromatic N) is 2. The van der Waals surface area contributed by atoms with E-state index >= 15 is 0 Å². The highest BCUT2D eigenvalue weighted by Gasteiger charge is 2.27. The minimum Gasteiger partial charge on any atom is -0.372 e. The van der Waals surface area contributed by atoms with Crippen LogP contribution in [0.15, 0.2) is 24.3 Å². The van der Waals surface area contributed by atoms with Gasteiger partial charge in [0.25, 0.3) is 0 Å². The molecular weight excluding hydrogens is 360 g/mol. The minimum absolute atomic E-state index is 0.0257. The molecule has 4 amide bonds. The number of nitrogens with one attached hydrogen (secondary N) is 2. The Labute approximate surface area is 166 Å². The topological polar surface area (TPSA) is 83.1 Å². The average molecular weight is 390 g/mol. The van der Waals surface area contributed by atoms with Gasteiger partial charge >= 0.3 is 12.1 Å². The van der Waals surface area contributed by atoms with Crippen LogP contribution in [-0.4, -0.2) is 72.5 Å². The van der Waals surface area contributed by atoms with Gasteiger partial charge in [-0.1, -0.05) is 0 Å². The van der Waals surface area contributed by atoms with Gasteiger partial charge in [0.2, 0.25) is 0 Å². The van der Waals surface area contributed by atoms with Gasteiger partial charge < -0.3 is 29.9 Å². The van der Waals surface area contributed by atoms with Crippen LogP contribution in [0.3, 0.4) is 0 Å². The number of hydrogen-bond donors (Lipinski definition) is 2. The van der Waals surface area contributed by atoms with Crippen LogP contribution >= 0.6 is 0 Å². The Hall–Kier alpha value is -2.32. The van der Waals surface area contributed by atoms with E-state index in [2.05, 4.69) is 10.6 Å². The monoisotopic (exact) mass is 390 g/mol. The fourth-order valence-electron chi connectivity index (χ4n) is 3.73. The fourth-order valence-corrected chi connectivity index (χ4v) is 3.73. The van der Waals surface area contributed by atoms with Gasteiger partial charge in [0.15, 0.2) is 0 Å². The minimum atomic E-state index is -0.143. The molecule has 0 aromatic heterocycles. The van der Waals surface area contributed by atoms with Crippen molar-refractivity contribution in [1.82, 2.24) is 9.80 Å². The maximum Gasteiger partial charge on any atom is 0.322 e. The highest BCUT2D eigenvalue weighted by Crippen LogP contribution is 2.18. The zero-order valence-electron chi connectivity index (χ0n) is 17.0. The Kier molecular flexibility index (Phi) is 6.41. The van der Waals surface area contributed by atoms with Crippen molar-refractivity contribution in [2.45, 2.75) is 52.1 Å². The first-order valence-electron chi connectivity index (χ1n) is 9.83. The second-order valence-electron chi connectivity index (χ2n) is 7.76. The van der Waals surface area contributed by atoms with Crippen LogP contribution in [0.5, 0.6) is 0 Å². The van der Waals surface area contributed by atoms with Crippen molar-refractivity contribution in [3.8, 4) is 0 Å². The normalized spacial score (nSPS) is 28.0. The quantitative estimate of drug-likeness (QED) is 0.813. The van der Waals surface area contributed by atoms with Crippen molar-refractivity contribution >= 4 is 23.4 Å². The molecule has 1 aromatic carbocycles. The third-order valence-electron chi connectivity index (χ3n) is 4.80. The number of urea groups is 2. The lowest BCUT2D eigenvalue weighted by Gasteiger charge is -2.35. The van der Waals surface area contributed by atoms with Crippen LogP contribution < -0.4 is 10.6 Å². The Morgan fingerprint density at radius 3 is 1.29 bits per heavy atom. The van der Waals surface area contributed by atoms with Crippen molar-refractivity contribution in [3.63, 3.8) is 0 Å². The van der Waals surface area contributed by atoms with Gasteiger partial charge in [-0.2, -0.15) is 0 Å². The van der Waals surface area contributed by atoms with Crippen LogP contribution in [0.1, 0.15) is 27.7 Å². The zero-order chi connectivity index (χ0) is 20.3. The van der Waals surface area contributed by atoms with E-state index in [4.69, 9.17) is 9.47 Å². The molecule has 1 aromatic rings. The first-order chi connectivity index (χ1) is 13.3. The molecule has 2 saturated heterocycles. The summed E-state index contributed by atoms with van der Waals surface area (Å²) in [6.07, 6.45) is 0.103. The molecule has 2 aliphatic rings. The summed E-state index contributed by atoms with van der Waals surface area (Å²) in [5.74, 6) is 0. The molecule has 28 heavy (non-hydrogen) atoms. The predicted molar refractivity (Wildman–Crippen MR) is 108 cm³/mol. The van der Waals surface area contributed by atoms with Crippen molar-refractivity contribution in [1.29, 1.82) is 0 Å². The van der Waals surface area contributed by atoms with Gasteiger partial charge in [-0.3, -0.25) is 0 Å². The molecule has 0 radical (unpaired) electrons.